The van der Waals surface area contributed by atoms with Crippen molar-refractivity contribution in [2.24, 2.45) is 18.7 Å². The van der Waals surface area contributed by atoms with Crippen molar-refractivity contribution in [2.45, 2.75) is 18.9 Å². The SMILES string of the molecule is Cn1c(C(=O)NCC(N)C2CC2)ccc1[N+](=O)[O-]. The maximum atomic E-state index is 11.8. The molecule has 1 heterocycles. The van der Waals surface area contributed by atoms with Crippen LogP contribution in [-0.2, 0) is 7.05 Å². The molecule has 1 aliphatic rings. The third-order valence-electron chi connectivity index (χ3n) is 3.24. The summed E-state index contributed by atoms with van der Waals surface area (Å²) in [5, 5.41) is 13.4. The zero-order valence-electron chi connectivity index (χ0n) is 10.1. The minimum Gasteiger partial charge on any atom is -0.358 e. The fraction of sp³-hybridized carbons (Fsp3) is 0.545. The maximum Gasteiger partial charge on any atom is 0.323 e. The van der Waals surface area contributed by atoms with Crippen LogP contribution in [0.3, 0.4) is 0 Å². The molecule has 0 radical (unpaired) electrons. The van der Waals surface area contributed by atoms with Crippen LogP contribution >= 0.6 is 0 Å². The molecule has 18 heavy (non-hydrogen) atoms. The summed E-state index contributed by atoms with van der Waals surface area (Å²) in [4.78, 5) is 22.0. The summed E-state index contributed by atoms with van der Waals surface area (Å²) in [5.74, 6) is 0.0707. The van der Waals surface area contributed by atoms with Crippen molar-refractivity contribution in [3.05, 3.63) is 27.9 Å². The Labute approximate surface area is 104 Å². The van der Waals surface area contributed by atoms with Gasteiger partial charge in [0, 0.05) is 18.7 Å². The molecule has 1 aromatic heterocycles. The molecule has 1 aliphatic carbocycles. The number of aromatic nitrogens is 1. The lowest BCUT2D eigenvalue weighted by Gasteiger charge is -2.10. The number of nitrogens with zero attached hydrogens (tertiary/aromatic N) is 2. The number of carbonyl (C=O) groups is 1. The minimum atomic E-state index is -0.521. The van der Waals surface area contributed by atoms with Gasteiger partial charge in [-0.3, -0.25) is 4.79 Å². The number of rotatable bonds is 5. The summed E-state index contributed by atoms with van der Waals surface area (Å²) < 4.78 is 1.26. The lowest BCUT2D eigenvalue weighted by molar-refractivity contribution is -0.391. The summed E-state index contributed by atoms with van der Waals surface area (Å²) in [6.45, 7) is 0.405. The number of hydrogen-bond acceptors (Lipinski definition) is 4. The van der Waals surface area contributed by atoms with Gasteiger partial charge >= 0.3 is 5.82 Å². The van der Waals surface area contributed by atoms with Crippen molar-refractivity contribution < 1.29 is 9.72 Å². The van der Waals surface area contributed by atoms with Gasteiger partial charge in [0.15, 0.2) is 5.69 Å². The zero-order chi connectivity index (χ0) is 13.3. The van der Waals surface area contributed by atoms with Crippen LogP contribution in [0, 0.1) is 16.0 Å². The Hall–Kier alpha value is -1.89. The van der Waals surface area contributed by atoms with E-state index in [0.29, 0.717) is 12.5 Å². The number of amides is 1. The smallest absolute Gasteiger partial charge is 0.323 e. The molecule has 7 nitrogen and oxygen atoms in total. The first-order valence-electron chi connectivity index (χ1n) is 5.84. The summed E-state index contributed by atoms with van der Waals surface area (Å²) in [6, 6.07) is 2.73. The van der Waals surface area contributed by atoms with Crippen LogP contribution in [-0.4, -0.2) is 28.0 Å². The van der Waals surface area contributed by atoms with Crippen LogP contribution < -0.4 is 11.1 Å². The third kappa shape index (κ3) is 2.51. The van der Waals surface area contributed by atoms with Crippen LogP contribution in [0.2, 0.25) is 0 Å². The summed E-state index contributed by atoms with van der Waals surface area (Å²) >= 11 is 0. The van der Waals surface area contributed by atoms with Gasteiger partial charge < -0.3 is 21.2 Å². The Morgan fingerprint density at radius 1 is 1.67 bits per heavy atom. The fourth-order valence-corrected chi connectivity index (χ4v) is 1.90. The number of carbonyl (C=O) groups excluding carboxylic acids is 1. The Morgan fingerprint density at radius 2 is 2.33 bits per heavy atom. The van der Waals surface area contributed by atoms with Crippen molar-refractivity contribution in [2.75, 3.05) is 6.54 Å². The molecule has 0 aliphatic heterocycles. The van der Waals surface area contributed by atoms with Gasteiger partial charge in [-0.05, 0) is 29.7 Å². The van der Waals surface area contributed by atoms with E-state index in [0.717, 1.165) is 12.8 Å². The van der Waals surface area contributed by atoms with Crippen LogP contribution in [0.5, 0.6) is 0 Å². The molecular formula is C11H16N4O3. The fourth-order valence-electron chi connectivity index (χ4n) is 1.90. The number of nitro groups is 1. The second kappa shape index (κ2) is 4.77. The van der Waals surface area contributed by atoms with Gasteiger partial charge in [0.2, 0.25) is 0 Å². The van der Waals surface area contributed by atoms with Crippen molar-refractivity contribution in [1.82, 2.24) is 9.88 Å². The third-order valence-corrected chi connectivity index (χ3v) is 3.24. The molecule has 0 saturated heterocycles. The molecular weight excluding hydrogens is 236 g/mol. The molecule has 1 saturated carbocycles. The molecule has 0 bridgehead atoms. The van der Waals surface area contributed by atoms with E-state index in [2.05, 4.69) is 5.32 Å². The van der Waals surface area contributed by atoms with Crippen molar-refractivity contribution in [3.63, 3.8) is 0 Å². The van der Waals surface area contributed by atoms with E-state index in [-0.39, 0.29) is 23.5 Å². The first kappa shape index (κ1) is 12.6. The Morgan fingerprint density at radius 3 is 2.83 bits per heavy atom. The van der Waals surface area contributed by atoms with Crippen molar-refractivity contribution >= 4 is 11.7 Å². The lowest BCUT2D eigenvalue weighted by Crippen LogP contribution is -2.39. The van der Waals surface area contributed by atoms with Gasteiger partial charge in [-0.25, -0.2) is 4.57 Å². The van der Waals surface area contributed by atoms with Gasteiger partial charge in [-0.1, -0.05) is 0 Å². The molecule has 98 valence electrons. The van der Waals surface area contributed by atoms with Gasteiger partial charge in [0.05, 0.1) is 7.05 Å². The summed E-state index contributed by atoms with van der Waals surface area (Å²) in [5.41, 5.74) is 6.14. The highest BCUT2D eigenvalue weighted by molar-refractivity contribution is 5.93. The second-order valence-electron chi connectivity index (χ2n) is 4.60. The second-order valence-corrected chi connectivity index (χ2v) is 4.60. The molecule has 7 heteroatoms. The molecule has 1 unspecified atom stereocenters. The van der Waals surface area contributed by atoms with E-state index in [1.54, 1.807) is 0 Å². The Bertz CT molecular complexity index is 479. The Balaban J connectivity index is 1.97. The molecule has 3 N–H and O–H groups in total. The maximum absolute atomic E-state index is 11.8. The molecule has 1 amide bonds. The average molecular weight is 252 g/mol. The number of nitrogens with one attached hydrogen (secondary N) is 1. The van der Waals surface area contributed by atoms with Crippen LogP contribution in [0.4, 0.5) is 5.82 Å². The highest BCUT2D eigenvalue weighted by Crippen LogP contribution is 2.31. The number of nitrogens with two attached hydrogens (primary N) is 1. The van der Waals surface area contributed by atoms with Gasteiger partial charge in [0.25, 0.3) is 5.91 Å². The van der Waals surface area contributed by atoms with Crippen LogP contribution in [0.25, 0.3) is 0 Å². The van der Waals surface area contributed by atoms with E-state index in [9.17, 15) is 14.9 Å². The van der Waals surface area contributed by atoms with Gasteiger partial charge in [-0.2, -0.15) is 0 Å². The van der Waals surface area contributed by atoms with Crippen LogP contribution in [0.1, 0.15) is 23.3 Å². The molecule has 2 rings (SSSR count). The van der Waals surface area contributed by atoms with E-state index < -0.39 is 4.92 Å². The monoisotopic (exact) mass is 252 g/mol. The van der Waals surface area contributed by atoms with E-state index in [1.165, 1.54) is 23.7 Å². The minimum absolute atomic E-state index is 0.0239. The molecule has 0 aromatic carbocycles. The molecule has 1 aromatic rings. The van der Waals surface area contributed by atoms with Crippen molar-refractivity contribution in [1.29, 1.82) is 0 Å². The highest BCUT2D eigenvalue weighted by atomic mass is 16.6. The van der Waals surface area contributed by atoms with E-state index in [4.69, 9.17) is 5.73 Å². The van der Waals surface area contributed by atoms with Gasteiger partial charge in [-0.15, -0.1) is 0 Å². The van der Waals surface area contributed by atoms with Crippen molar-refractivity contribution in [3.8, 4) is 0 Å². The standard InChI is InChI=1S/C11H16N4O3/c1-14-9(4-5-10(14)15(17)18)11(16)13-6-8(12)7-2-3-7/h4-5,7-8H,2-3,6,12H2,1H3,(H,13,16). The van der Waals surface area contributed by atoms with Gasteiger partial charge in [0.1, 0.15) is 0 Å². The topological polar surface area (TPSA) is 103 Å². The number of hydrogen-bond donors (Lipinski definition) is 2. The van der Waals surface area contributed by atoms with E-state index in [1.807, 2.05) is 0 Å². The predicted octanol–water partition coefficient (Wildman–Crippen LogP) is 0.400. The molecule has 0 spiro atoms. The molecule has 1 fully saturated rings. The predicted molar refractivity (Wildman–Crippen MR) is 65.1 cm³/mol. The zero-order valence-corrected chi connectivity index (χ0v) is 10.1. The largest absolute Gasteiger partial charge is 0.358 e. The quantitative estimate of drug-likeness (QED) is 0.584. The van der Waals surface area contributed by atoms with E-state index >= 15 is 0 Å². The lowest BCUT2D eigenvalue weighted by atomic mass is 10.2. The molecule has 1 atom stereocenters. The summed E-state index contributed by atoms with van der Waals surface area (Å²) in [6.07, 6.45) is 2.24. The average Bonchev–Trinajstić information content (AvgIpc) is 3.09. The summed E-state index contributed by atoms with van der Waals surface area (Å²) in [7, 11) is 1.49. The normalized spacial score (nSPS) is 16.3. The highest BCUT2D eigenvalue weighted by Gasteiger charge is 2.29. The first-order chi connectivity index (χ1) is 8.50. The Kier molecular flexibility index (Phi) is 3.33. The first-order valence-corrected chi connectivity index (χ1v) is 5.84. The van der Waals surface area contributed by atoms with Crippen LogP contribution in [0.15, 0.2) is 12.1 Å².